The third-order valence-electron chi connectivity index (χ3n) is 3.04. The molecule has 0 aliphatic carbocycles. The highest BCUT2D eigenvalue weighted by atomic mass is 32.2. The van der Waals surface area contributed by atoms with E-state index in [-0.39, 0.29) is 11.8 Å². The average Bonchev–Trinajstić information content (AvgIpc) is 3.05. The van der Waals surface area contributed by atoms with Gasteiger partial charge >= 0.3 is 0 Å². The summed E-state index contributed by atoms with van der Waals surface area (Å²) in [5.74, 6) is 0.892. The number of aromatic amines is 1. The fraction of sp³-hybridized carbons (Fsp3) is 0.231. The summed E-state index contributed by atoms with van der Waals surface area (Å²) in [7, 11) is 0. The fourth-order valence-corrected chi connectivity index (χ4v) is 3.30. The van der Waals surface area contributed by atoms with E-state index in [4.69, 9.17) is 0 Å². The Kier molecular flexibility index (Phi) is 3.06. The molecule has 18 heavy (non-hydrogen) atoms. The zero-order valence-electron chi connectivity index (χ0n) is 9.72. The van der Waals surface area contributed by atoms with Crippen molar-refractivity contribution in [3.63, 3.8) is 0 Å². The number of carbonyl (C=O) groups excluding carboxylic acids is 1. The predicted molar refractivity (Wildman–Crippen MR) is 70.3 cm³/mol. The van der Waals surface area contributed by atoms with E-state index in [0.29, 0.717) is 6.54 Å². The van der Waals surface area contributed by atoms with Gasteiger partial charge in [0.25, 0.3) is 0 Å². The highest BCUT2D eigenvalue weighted by Gasteiger charge is 2.28. The van der Waals surface area contributed by atoms with Crippen molar-refractivity contribution in [1.29, 1.82) is 0 Å². The van der Waals surface area contributed by atoms with Crippen LogP contribution in [0.5, 0.6) is 0 Å². The number of carbonyl (C=O) groups is 1. The second kappa shape index (κ2) is 4.86. The molecule has 5 heteroatoms. The number of hydrogen-bond acceptors (Lipinski definition) is 3. The lowest BCUT2D eigenvalue weighted by molar-refractivity contribution is -0.122. The molecule has 4 nitrogen and oxygen atoms in total. The van der Waals surface area contributed by atoms with Gasteiger partial charge in [-0.15, -0.1) is 11.8 Å². The van der Waals surface area contributed by atoms with E-state index in [0.717, 1.165) is 16.9 Å². The number of hydrogen-bond donors (Lipinski definition) is 2. The predicted octanol–water partition coefficient (Wildman–Crippen LogP) is 1.92. The van der Waals surface area contributed by atoms with Crippen molar-refractivity contribution in [2.75, 3.05) is 5.75 Å². The molecule has 0 fully saturated rings. The quantitative estimate of drug-likeness (QED) is 0.885. The highest BCUT2D eigenvalue weighted by molar-refractivity contribution is 7.99. The van der Waals surface area contributed by atoms with Gasteiger partial charge in [-0.2, -0.15) is 5.10 Å². The van der Waals surface area contributed by atoms with E-state index >= 15 is 0 Å². The van der Waals surface area contributed by atoms with Crippen LogP contribution in [0.1, 0.15) is 17.0 Å². The summed E-state index contributed by atoms with van der Waals surface area (Å²) < 4.78 is 0. The van der Waals surface area contributed by atoms with Gasteiger partial charge in [-0.05, 0) is 11.6 Å². The smallest absolute Gasteiger partial charge is 0.228 e. The molecule has 0 bridgehead atoms. The number of H-pyrrole nitrogens is 1. The molecule has 0 saturated heterocycles. The number of rotatable bonds is 3. The lowest BCUT2D eigenvalue weighted by Crippen LogP contribution is -2.28. The molecule has 0 saturated carbocycles. The maximum atomic E-state index is 12.1. The normalized spacial score (nSPS) is 17.4. The van der Waals surface area contributed by atoms with Crippen LogP contribution in [0.15, 0.2) is 41.6 Å². The maximum Gasteiger partial charge on any atom is 0.228 e. The summed E-state index contributed by atoms with van der Waals surface area (Å²) in [5, 5.41) is 9.54. The zero-order chi connectivity index (χ0) is 12.4. The molecular formula is C13H13N3OS. The average molecular weight is 259 g/mol. The molecule has 1 aliphatic heterocycles. The van der Waals surface area contributed by atoms with Crippen LogP contribution < -0.4 is 5.32 Å². The number of nitrogens with one attached hydrogen (secondary N) is 2. The number of nitrogens with zero attached hydrogens (tertiary/aromatic N) is 1. The molecule has 1 aromatic heterocycles. The molecule has 0 spiro atoms. The Hall–Kier alpha value is -1.75. The number of aromatic nitrogens is 2. The molecule has 0 radical (unpaired) electrons. The van der Waals surface area contributed by atoms with Crippen LogP contribution in [0.4, 0.5) is 0 Å². The SMILES string of the molecule is O=C(NCc1cn[nH]c1)C1CSc2ccccc21. The van der Waals surface area contributed by atoms with Crippen LogP contribution in [0.25, 0.3) is 0 Å². The van der Waals surface area contributed by atoms with E-state index in [9.17, 15) is 4.79 Å². The number of benzene rings is 1. The van der Waals surface area contributed by atoms with Crippen molar-refractivity contribution in [2.24, 2.45) is 0 Å². The fourth-order valence-electron chi connectivity index (χ4n) is 2.07. The molecule has 2 N–H and O–H groups in total. The molecule has 2 aromatic rings. The van der Waals surface area contributed by atoms with Gasteiger partial charge in [-0.25, -0.2) is 0 Å². The minimum absolute atomic E-state index is 0.0295. The number of amides is 1. The van der Waals surface area contributed by atoms with E-state index in [1.807, 2.05) is 18.2 Å². The molecule has 92 valence electrons. The van der Waals surface area contributed by atoms with Gasteiger partial charge in [0.05, 0.1) is 12.1 Å². The molecule has 1 amide bonds. The lowest BCUT2D eigenvalue weighted by Gasteiger charge is -2.10. The Morgan fingerprint density at radius 3 is 3.22 bits per heavy atom. The Morgan fingerprint density at radius 1 is 1.50 bits per heavy atom. The number of fused-ring (bicyclic) bond motifs is 1. The molecule has 1 unspecified atom stereocenters. The van der Waals surface area contributed by atoms with Gasteiger partial charge < -0.3 is 5.32 Å². The summed E-state index contributed by atoms with van der Waals surface area (Å²) in [4.78, 5) is 13.4. The van der Waals surface area contributed by atoms with Crippen molar-refractivity contribution in [3.05, 3.63) is 47.8 Å². The van der Waals surface area contributed by atoms with Gasteiger partial charge in [-0.1, -0.05) is 18.2 Å². The zero-order valence-corrected chi connectivity index (χ0v) is 10.5. The standard InChI is InChI=1S/C13H13N3OS/c17-13(14-5-9-6-15-16-7-9)11-8-18-12-4-2-1-3-10(11)12/h1-4,6-7,11H,5,8H2,(H,14,17)(H,15,16). The van der Waals surface area contributed by atoms with Crippen LogP contribution in [-0.4, -0.2) is 21.9 Å². The van der Waals surface area contributed by atoms with Crippen molar-refractivity contribution in [2.45, 2.75) is 17.4 Å². The van der Waals surface area contributed by atoms with Crippen molar-refractivity contribution in [3.8, 4) is 0 Å². The summed E-state index contributed by atoms with van der Waals surface area (Å²) in [6.07, 6.45) is 3.51. The Balaban J connectivity index is 1.67. The first kappa shape index (κ1) is 11.3. The third-order valence-corrected chi connectivity index (χ3v) is 4.22. The Morgan fingerprint density at radius 2 is 2.39 bits per heavy atom. The molecule has 1 aromatic carbocycles. The minimum Gasteiger partial charge on any atom is -0.351 e. The first-order valence-electron chi connectivity index (χ1n) is 5.81. The van der Waals surface area contributed by atoms with E-state index in [1.165, 1.54) is 4.90 Å². The minimum atomic E-state index is -0.0295. The first-order chi connectivity index (χ1) is 8.84. The first-order valence-corrected chi connectivity index (χ1v) is 6.80. The van der Waals surface area contributed by atoms with Gasteiger partial charge in [0.15, 0.2) is 0 Å². The van der Waals surface area contributed by atoms with Gasteiger partial charge in [-0.3, -0.25) is 9.89 Å². The van der Waals surface area contributed by atoms with E-state index in [1.54, 1.807) is 24.2 Å². The number of thioether (sulfide) groups is 1. The van der Waals surface area contributed by atoms with Crippen molar-refractivity contribution >= 4 is 17.7 Å². The summed E-state index contributed by atoms with van der Waals surface area (Å²) in [6, 6.07) is 8.11. The summed E-state index contributed by atoms with van der Waals surface area (Å²) in [6.45, 7) is 0.526. The molecule has 1 atom stereocenters. The van der Waals surface area contributed by atoms with E-state index < -0.39 is 0 Å². The van der Waals surface area contributed by atoms with Gasteiger partial charge in [0, 0.05) is 29.0 Å². The van der Waals surface area contributed by atoms with Crippen molar-refractivity contribution < 1.29 is 4.79 Å². The molecule has 2 heterocycles. The molecule has 3 rings (SSSR count). The highest BCUT2D eigenvalue weighted by Crippen LogP contribution is 2.39. The second-order valence-electron chi connectivity index (χ2n) is 4.23. The topological polar surface area (TPSA) is 57.8 Å². The Labute approximate surface area is 109 Å². The van der Waals surface area contributed by atoms with Crippen LogP contribution in [0.3, 0.4) is 0 Å². The second-order valence-corrected chi connectivity index (χ2v) is 5.29. The molecular weight excluding hydrogens is 246 g/mol. The van der Waals surface area contributed by atoms with E-state index in [2.05, 4.69) is 21.6 Å². The lowest BCUT2D eigenvalue weighted by atomic mass is 10.0. The summed E-state index contributed by atoms with van der Waals surface area (Å²) in [5.41, 5.74) is 2.13. The maximum absolute atomic E-state index is 12.1. The van der Waals surface area contributed by atoms with Gasteiger partial charge in [0.2, 0.25) is 5.91 Å². The monoisotopic (exact) mass is 259 g/mol. The van der Waals surface area contributed by atoms with Crippen molar-refractivity contribution in [1.82, 2.24) is 15.5 Å². The van der Waals surface area contributed by atoms with Crippen LogP contribution in [-0.2, 0) is 11.3 Å². The molecule has 1 aliphatic rings. The summed E-state index contributed by atoms with van der Waals surface area (Å²) >= 11 is 1.75. The van der Waals surface area contributed by atoms with Gasteiger partial charge in [0.1, 0.15) is 0 Å². The van der Waals surface area contributed by atoms with Crippen LogP contribution in [0, 0.1) is 0 Å². The van der Waals surface area contributed by atoms with Crippen LogP contribution >= 0.6 is 11.8 Å². The van der Waals surface area contributed by atoms with Crippen LogP contribution in [0.2, 0.25) is 0 Å². The third kappa shape index (κ3) is 2.13. The largest absolute Gasteiger partial charge is 0.351 e. The Bertz CT molecular complexity index is 553.